The largest absolute Gasteiger partial charge is 0.491 e. The van der Waals surface area contributed by atoms with Crippen LogP contribution in [0.3, 0.4) is 0 Å². The van der Waals surface area contributed by atoms with Crippen LogP contribution in [0.15, 0.2) is 53.4 Å². The van der Waals surface area contributed by atoms with Crippen LogP contribution in [0.1, 0.15) is 12.5 Å². The summed E-state index contributed by atoms with van der Waals surface area (Å²) in [4.78, 5) is 12.0. The predicted molar refractivity (Wildman–Crippen MR) is 94.2 cm³/mol. The first-order chi connectivity index (χ1) is 11.0. The van der Waals surface area contributed by atoms with Gasteiger partial charge in [0, 0.05) is 23.3 Å². The second-order valence-electron chi connectivity index (χ2n) is 5.30. The molecule has 0 spiro atoms. The molecule has 0 aromatic heterocycles. The lowest BCUT2D eigenvalue weighted by molar-refractivity contribution is -0.114. The lowest BCUT2D eigenvalue weighted by atomic mass is 10.2. The molecule has 5 heteroatoms. The smallest absolute Gasteiger partial charge is 0.221 e. The highest BCUT2D eigenvalue weighted by molar-refractivity contribution is 7.99. The van der Waals surface area contributed by atoms with Gasteiger partial charge >= 0.3 is 0 Å². The number of ether oxygens (including phenoxy) is 1. The first kappa shape index (κ1) is 17.4. The van der Waals surface area contributed by atoms with Crippen LogP contribution in [0.25, 0.3) is 0 Å². The Morgan fingerprint density at radius 3 is 2.65 bits per heavy atom. The van der Waals surface area contributed by atoms with Crippen molar-refractivity contribution < 1.29 is 14.6 Å². The third-order valence-electron chi connectivity index (χ3n) is 3.05. The van der Waals surface area contributed by atoms with Gasteiger partial charge in [0.2, 0.25) is 5.91 Å². The van der Waals surface area contributed by atoms with Gasteiger partial charge in [0.25, 0.3) is 0 Å². The van der Waals surface area contributed by atoms with Crippen LogP contribution in [0, 0.1) is 6.92 Å². The summed E-state index contributed by atoms with van der Waals surface area (Å²) >= 11 is 1.55. The van der Waals surface area contributed by atoms with Crippen molar-refractivity contribution in [1.82, 2.24) is 0 Å². The van der Waals surface area contributed by atoms with Gasteiger partial charge in [0.15, 0.2) is 0 Å². The average molecular weight is 331 g/mol. The highest BCUT2D eigenvalue weighted by atomic mass is 32.2. The van der Waals surface area contributed by atoms with Crippen LogP contribution in [-0.4, -0.2) is 29.5 Å². The van der Waals surface area contributed by atoms with Crippen molar-refractivity contribution in [3.05, 3.63) is 54.1 Å². The summed E-state index contributed by atoms with van der Waals surface area (Å²) in [6, 6.07) is 15.3. The van der Waals surface area contributed by atoms with E-state index < -0.39 is 6.10 Å². The quantitative estimate of drug-likeness (QED) is 0.763. The molecule has 0 aliphatic rings. The van der Waals surface area contributed by atoms with Gasteiger partial charge in [-0.15, -0.1) is 11.8 Å². The Morgan fingerprint density at radius 2 is 2.00 bits per heavy atom. The number of amides is 1. The fourth-order valence-electron chi connectivity index (χ4n) is 1.98. The van der Waals surface area contributed by atoms with Gasteiger partial charge in [-0.05, 0) is 48.9 Å². The highest BCUT2D eigenvalue weighted by Gasteiger charge is 2.07. The normalized spacial score (nSPS) is 11.8. The number of hydrogen-bond donors (Lipinski definition) is 2. The Hall–Kier alpha value is -1.98. The average Bonchev–Trinajstić information content (AvgIpc) is 2.52. The van der Waals surface area contributed by atoms with Crippen molar-refractivity contribution in [2.24, 2.45) is 0 Å². The molecule has 1 amide bonds. The van der Waals surface area contributed by atoms with E-state index in [2.05, 4.69) is 5.32 Å². The van der Waals surface area contributed by atoms with Crippen LogP contribution in [0.4, 0.5) is 5.69 Å². The maximum absolute atomic E-state index is 11.0. The Bertz CT molecular complexity index is 643. The molecule has 1 atom stereocenters. The fraction of sp³-hybridized carbons (Fsp3) is 0.278. The van der Waals surface area contributed by atoms with Crippen molar-refractivity contribution in [3.63, 3.8) is 0 Å². The van der Waals surface area contributed by atoms with Crippen LogP contribution in [0.2, 0.25) is 0 Å². The zero-order valence-electron chi connectivity index (χ0n) is 13.3. The number of carbonyl (C=O) groups is 1. The molecule has 0 saturated carbocycles. The van der Waals surface area contributed by atoms with Gasteiger partial charge < -0.3 is 15.2 Å². The molecule has 0 radical (unpaired) electrons. The number of thioether (sulfide) groups is 1. The lowest BCUT2D eigenvalue weighted by Crippen LogP contribution is -2.20. The van der Waals surface area contributed by atoms with E-state index in [0.717, 1.165) is 21.9 Å². The number of anilines is 1. The minimum atomic E-state index is -0.546. The molecule has 2 rings (SSSR count). The molecule has 2 aromatic carbocycles. The molecule has 0 unspecified atom stereocenters. The molecule has 0 bridgehead atoms. The predicted octanol–water partition coefficient (Wildman–Crippen LogP) is 3.49. The van der Waals surface area contributed by atoms with E-state index in [1.807, 2.05) is 55.5 Å². The molecule has 122 valence electrons. The number of hydrogen-bond acceptors (Lipinski definition) is 4. The van der Waals surface area contributed by atoms with E-state index >= 15 is 0 Å². The van der Waals surface area contributed by atoms with Crippen LogP contribution in [-0.2, 0) is 4.79 Å². The molecular weight excluding hydrogens is 310 g/mol. The standard InChI is InChI=1S/C18H21NO3S/c1-13-4-3-5-17(10-13)22-11-16(21)12-23-18-8-6-15(7-9-18)19-14(2)20/h3-10,16,21H,11-12H2,1-2H3,(H,19,20)/t16-/m1/s1. The first-order valence-electron chi connectivity index (χ1n) is 7.41. The Morgan fingerprint density at radius 1 is 1.26 bits per heavy atom. The number of carbonyl (C=O) groups excluding carboxylic acids is 1. The third kappa shape index (κ3) is 6.34. The fourth-order valence-corrected chi connectivity index (χ4v) is 2.79. The van der Waals surface area contributed by atoms with E-state index in [9.17, 15) is 9.90 Å². The number of aryl methyl sites for hydroxylation is 1. The monoisotopic (exact) mass is 331 g/mol. The number of rotatable bonds is 7. The first-order valence-corrected chi connectivity index (χ1v) is 8.39. The zero-order chi connectivity index (χ0) is 16.7. The molecule has 2 aromatic rings. The summed E-state index contributed by atoms with van der Waals surface area (Å²) in [5, 5.41) is 12.7. The highest BCUT2D eigenvalue weighted by Crippen LogP contribution is 2.21. The van der Waals surface area contributed by atoms with Gasteiger partial charge in [-0.2, -0.15) is 0 Å². The third-order valence-corrected chi connectivity index (χ3v) is 4.21. The zero-order valence-corrected chi connectivity index (χ0v) is 14.1. The SMILES string of the molecule is CC(=O)Nc1ccc(SC[C@H](O)COc2cccc(C)c2)cc1. The summed E-state index contributed by atoms with van der Waals surface area (Å²) in [6.45, 7) is 3.75. The van der Waals surface area contributed by atoms with Crippen molar-refractivity contribution >= 4 is 23.4 Å². The Kier molecular flexibility index (Phi) is 6.50. The minimum Gasteiger partial charge on any atom is -0.491 e. The van der Waals surface area contributed by atoms with Gasteiger partial charge in [0.05, 0.1) is 6.10 Å². The van der Waals surface area contributed by atoms with Crippen molar-refractivity contribution in [3.8, 4) is 5.75 Å². The molecule has 2 N–H and O–H groups in total. The summed E-state index contributed by atoms with van der Waals surface area (Å²) in [5.41, 5.74) is 1.90. The molecular formula is C18H21NO3S. The Balaban J connectivity index is 1.75. The van der Waals surface area contributed by atoms with E-state index in [1.54, 1.807) is 11.8 Å². The minimum absolute atomic E-state index is 0.0888. The van der Waals surface area contributed by atoms with E-state index in [4.69, 9.17) is 4.74 Å². The molecule has 0 saturated heterocycles. The van der Waals surface area contributed by atoms with Gasteiger partial charge in [-0.25, -0.2) is 0 Å². The molecule has 0 aliphatic carbocycles. The molecule has 4 nitrogen and oxygen atoms in total. The van der Waals surface area contributed by atoms with Crippen LogP contribution < -0.4 is 10.1 Å². The Labute approximate surface area is 140 Å². The van der Waals surface area contributed by atoms with Crippen LogP contribution in [0.5, 0.6) is 5.75 Å². The summed E-state index contributed by atoms with van der Waals surface area (Å²) < 4.78 is 5.59. The van der Waals surface area contributed by atoms with Crippen LogP contribution >= 0.6 is 11.8 Å². The number of aliphatic hydroxyl groups is 1. The van der Waals surface area contributed by atoms with Crippen molar-refractivity contribution in [1.29, 1.82) is 0 Å². The molecule has 23 heavy (non-hydrogen) atoms. The maximum atomic E-state index is 11.0. The molecule has 0 fully saturated rings. The number of nitrogens with one attached hydrogen (secondary N) is 1. The molecule has 0 heterocycles. The van der Waals surface area contributed by atoms with Crippen molar-refractivity contribution in [2.45, 2.75) is 24.8 Å². The summed E-state index contributed by atoms with van der Waals surface area (Å²) in [7, 11) is 0. The maximum Gasteiger partial charge on any atom is 0.221 e. The second-order valence-corrected chi connectivity index (χ2v) is 6.39. The summed E-state index contributed by atoms with van der Waals surface area (Å²) in [5.74, 6) is 1.23. The van der Waals surface area contributed by atoms with Gasteiger partial charge in [0.1, 0.15) is 12.4 Å². The summed E-state index contributed by atoms with van der Waals surface area (Å²) in [6.07, 6.45) is -0.546. The molecule has 0 aliphatic heterocycles. The lowest BCUT2D eigenvalue weighted by Gasteiger charge is -2.12. The van der Waals surface area contributed by atoms with Crippen molar-refractivity contribution in [2.75, 3.05) is 17.7 Å². The number of aliphatic hydroxyl groups excluding tert-OH is 1. The topological polar surface area (TPSA) is 58.6 Å². The second kappa shape index (κ2) is 8.60. The van der Waals surface area contributed by atoms with Gasteiger partial charge in [-0.3, -0.25) is 4.79 Å². The van der Waals surface area contributed by atoms with Gasteiger partial charge in [-0.1, -0.05) is 12.1 Å². The van der Waals surface area contributed by atoms with E-state index in [0.29, 0.717) is 5.75 Å². The van der Waals surface area contributed by atoms with E-state index in [1.165, 1.54) is 6.92 Å². The number of benzene rings is 2. The van der Waals surface area contributed by atoms with E-state index in [-0.39, 0.29) is 12.5 Å².